The van der Waals surface area contributed by atoms with Gasteiger partial charge in [-0.1, -0.05) is 25.1 Å². The van der Waals surface area contributed by atoms with E-state index < -0.39 is 10.1 Å². The number of hydrogen-bond donors (Lipinski definition) is 0. The van der Waals surface area contributed by atoms with Crippen molar-refractivity contribution in [2.24, 2.45) is 0 Å². The fourth-order valence-electron chi connectivity index (χ4n) is 2.27. The van der Waals surface area contributed by atoms with Gasteiger partial charge in [-0.3, -0.25) is 4.98 Å². The molecule has 0 unspecified atom stereocenters. The topological polar surface area (TPSA) is 65.5 Å². The van der Waals surface area contributed by atoms with E-state index in [0.717, 1.165) is 11.8 Å². The number of aromatic nitrogens is 1. The van der Waals surface area contributed by atoms with Crippen LogP contribution >= 0.6 is 15.9 Å². The monoisotopic (exact) mass is 421 g/mol. The third kappa shape index (κ3) is 3.93. The van der Waals surface area contributed by atoms with Gasteiger partial charge >= 0.3 is 10.1 Å². The molecule has 0 N–H and O–H groups in total. The molecule has 0 atom stereocenters. The number of hydrogen-bond acceptors (Lipinski definition) is 5. The van der Waals surface area contributed by atoms with Crippen LogP contribution in [0.2, 0.25) is 0 Å². The number of benzene rings is 2. The van der Waals surface area contributed by atoms with E-state index in [4.69, 9.17) is 8.92 Å². The minimum atomic E-state index is -4.01. The minimum Gasteiger partial charge on any atom is -0.492 e. The molecule has 0 spiro atoms. The van der Waals surface area contributed by atoms with E-state index in [9.17, 15) is 8.42 Å². The predicted molar refractivity (Wildman–Crippen MR) is 99.5 cm³/mol. The molecule has 0 fully saturated rings. The number of pyridine rings is 1. The number of nitrogens with zero attached hydrogens (tertiary/aromatic N) is 1. The molecule has 7 heteroatoms. The minimum absolute atomic E-state index is 0.0229. The number of fused-ring (bicyclic) bond motifs is 1. The Morgan fingerprint density at radius 2 is 1.88 bits per heavy atom. The van der Waals surface area contributed by atoms with E-state index in [1.165, 1.54) is 12.1 Å². The molecule has 3 aromatic rings. The predicted octanol–water partition coefficient (Wildman–Crippen LogP) is 4.55. The first-order chi connectivity index (χ1) is 12.0. The zero-order valence-corrected chi connectivity index (χ0v) is 15.9. The van der Waals surface area contributed by atoms with Gasteiger partial charge < -0.3 is 8.92 Å². The molecular formula is C18H16BrNO4S. The van der Waals surface area contributed by atoms with Crippen LogP contribution in [-0.2, 0) is 10.1 Å². The summed E-state index contributed by atoms with van der Waals surface area (Å²) >= 11 is 3.36. The van der Waals surface area contributed by atoms with Crippen LogP contribution in [0.5, 0.6) is 11.5 Å². The van der Waals surface area contributed by atoms with E-state index in [0.29, 0.717) is 22.3 Å². The lowest BCUT2D eigenvalue weighted by Gasteiger charge is -2.11. The normalized spacial score (nSPS) is 11.4. The summed E-state index contributed by atoms with van der Waals surface area (Å²) in [6.07, 6.45) is 2.42. The molecule has 0 aliphatic rings. The molecule has 1 aromatic heterocycles. The van der Waals surface area contributed by atoms with Crippen LogP contribution < -0.4 is 8.92 Å². The second-order valence-electron chi connectivity index (χ2n) is 5.31. The van der Waals surface area contributed by atoms with Gasteiger partial charge in [-0.05, 0) is 46.6 Å². The van der Waals surface area contributed by atoms with Crippen LogP contribution in [-0.4, -0.2) is 20.0 Å². The van der Waals surface area contributed by atoms with Crippen molar-refractivity contribution in [2.45, 2.75) is 18.2 Å². The van der Waals surface area contributed by atoms with Gasteiger partial charge in [-0.25, -0.2) is 0 Å². The van der Waals surface area contributed by atoms with Gasteiger partial charge in [0.25, 0.3) is 0 Å². The molecule has 3 rings (SSSR count). The third-order valence-electron chi connectivity index (χ3n) is 3.45. The fraction of sp³-hybridized carbons (Fsp3) is 0.167. The highest BCUT2D eigenvalue weighted by Crippen LogP contribution is 2.31. The Labute approximate surface area is 154 Å². The average Bonchev–Trinajstić information content (AvgIpc) is 2.61. The zero-order valence-electron chi connectivity index (χ0n) is 13.5. The second-order valence-corrected chi connectivity index (χ2v) is 7.71. The Balaban J connectivity index is 1.96. The highest BCUT2D eigenvalue weighted by molar-refractivity contribution is 9.10. The van der Waals surface area contributed by atoms with Crippen molar-refractivity contribution >= 4 is 37.0 Å². The Hall–Kier alpha value is -2.12. The molecule has 1 heterocycles. The summed E-state index contributed by atoms with van der Waals surface area (Å²) in [6, 6.07) is 13.3. The Morgan fingerprint density at radius 3 is 2.68 bits per heavy atom. The first kappa shape index (κ1) is 17.7. The molecule has 5 nitrogen and oxygen atoms in total. The number of para-hydroxylation sites is 1. The first-order valence-corrected chi connectivity index (χ1v) is 9.92. The third-order valence-corrected chi connectivity index (χ3v) is 5.33. The van der Waals surface area contributed by atoms with Crippen molar-refractivity contribution in [1.82, 2.24) is 4.98 Å². The van der Waals surface area contributed by atoms with E-state index in [1.54, 1.807) is 30.5 Å². The largest absolute Gasteiger partial charge is 0.492 e. The number of ether oxygens (including phenoxy) is 1. The molecule has 0 amide bonds. The number of rotatable bonds is 6. The Bertz CT molecular complexity index is 1000. The quantitative estimate of drug-likeness (QED) is 0.546. The molecule has 0 aliphatic carbocycles. The first-order valence-electron chi connectivity index (χ1n) is 7.72. The number of halogens is 1. The van der Waals surface area contributed by atoms with Gasteiger partial charge in [-0.15, -0.1) is 0 Å². The van der Waals surface area contributed by atoms with E-state index in [-0.39, 0.29) is 10.6 Å². The standard InChI is InChI=1S/C18H16BrNO4S/c1-2-11-23-17-12-14(8-9-15(17)19)25(21,22)24-16-7-3-5-13-6-4-10-20-18(13)16/h3-10,12H,2,11H2,1H3. The maximum Gasteiger partial charge on any atom is 0.339 e. The highest BCUT2D eigenvalue weighted by Gasteiger charge is 2.20. The van der Waals surface area contributed by atoms with Gasteiger partial charge in [0, 0.05) is 17.6 Å². The SMILES string of the molecule is CCCOc1cc(S(=O)(=O)Oc2cccc3cccnc23)ccc1Br. The van der Waals surface area contributed by atoms with Gasteiger partial charge in [0.2, 0.25) is 0 Å². The van der Waals surface area contributed by atoms with Crippen LogP contribution in [0.1, 0.15) is 13.3 Å². The van der Waals surface area contributed by atoms with Crippen molar-refractivity contribution in [1.29, 1.82) is 0 Å². The molecule has 2 aromatic carbocycles. The van der Waals surface area contributed by atoms with Crippen LogP contribution in [0, 0.1) is 0 Å². The summed E-state index contributed by atoms with van der Waals surface area (Å²) in [5.41, 5.74) is 0.494. The Morgan fingerprint density at radius 1 is 1.08 bits per heavy atom. The van der Waals surface area contributed by atoms with Crippen molar-refractivity contribution in [3.63, 3.8) is 0 Å². The molecule has 0 aliphatic heterocycles. The van der Waals surface area contributed by atoms with Crippen LogP contribution in [0.15, 0.2) is 64.1 Å². The average molecular weight is 422 g/mol. The highest BCUT2D eigenvalue weighted by atomic mass is 79.9. The van der Waals surface area contributed by atoms with Crippen molar-refractivity contribution in [3.8, 4) is 11.5 Å². The van der Waals surface area contributed by atoms with Gasteiger partial charge in [0.05, 0.1) is 11.1 Å². The van der Waals surface area contributed by atoms with Crippen molar-refractivity contribution in [3.05, 3.63) is 59.2 Å². The molecule has 130 valence electrons. The summed E-state index contributed by atoms with van der Waals surface area (Å²) in [4.78, 5) is 4.23. The van der Waals surface area contributed by atoms with Gasteiger partial charge in [0.1, 0.15) is 16.2 Å². The summed E-state index contributed by atoms with van der Waals surface area (Å²) < 4.78 is 36.9. The molecule has 0 saturated carbocycles. The van der Waals surface area contributed by atoms with E-state index in [1.807, 2.05) is 19.1 Å². The fourth-order valence-corrected chi connectivity index (χ4v) is 3.59. The summed E-state index contributed by atoms with van der Waals surface area (Å²) in [5, 5.41) is 0.804. The van der Waals surface area contributed by atoms with E-state index in [2.05, 4.69) is 20.9 Å². The van der Waals surface area contributed by atoms with Crippen LogP contribution in [0.3, 0.4) is 0 Å². The maximum absolute atomic E-state index is 12.7. The van der Waals surface area contributed by atoms with Crippen molar-refractivity contribution in [2.75, 3.05) is 6.61 Å². The van der Waals surface area contributed by atoms with Gasteiger partial charge in [0.15, 0.2) is 5.75 Å². The van der Waals surface area contributed by atoms with Gasteiger partial charge in [-0.2, -0.15) is 8.42 Å². The summed E-state index contributed by atoms with van der Waals surface area (Å²) in [6.45, 7) is 2.47. The second kappa shape index (κ2) is 7.41. The van der Waals surface area contributed by atoms with Crippen LogP contribution in [0.4, 0.5) is 0 Å². The molecular weight excluding hydrogens is 406 g/mol. The molecule has 25 heavy (non-hydrogen) atoms. The lowest BCUT2D eigenvalue weighted by atomic mass is 10.2. The van der Waals surface area contributed by atoms with E-state index >= 15 is 0 Å². The van der Waals surface area contributed by atoms with Crippen molar-refractivity contribution < 1.29 is 17.3 Å². The lowest BCUT2D eigenvalue weighted by Crippen LogP contribution is -2.10. The maximum atomic E-state index is 12.7. The summed E-state index contributed by atoms with van der Waals surface area (Å²) in [5.74, 6) is 0.652. The smallest absolute Gasteiger partial charge is 0.339 e. The molecule has 0 bridgehead atoms. The zero-order chi connectivity index (χ0) is 17.9. The molecule has 0 radical (unpaired) electrons. The Kier molecular flexibility index (Phi) is 5.24. The lowest BCUT2D eigenvalue weighted by molar-refractivity contribution is 0.314. The summed E-state index contributed by atoms with van der Waals surface area (Å²) in [7, 11) is -4.01. The van der Waals surface area contributed by atoms with Crippen LogP contribution in [0.25, 0.3) is 10.9 Å². The molecule has 0 saturated heterocycles.